The fourth-order valence-corrected chi connectivity index (χ4v) is 6.79. The fourth-order valence-electron chi connectivity index (χ4n) is 5.61. The predicted octanol–water partition coefficient (Wildman–Crippen LogP) is 7.77. The second-order valence-corrected chi connectivity index (χ2v) is 11.6. The highest BCUT2D eigenvalue weighted by molar-refractivity contribution is 8.03. The van der Waals surface area contributed by atoms with E-state index in [2.05, 4.69) is 97.9 Å². The standard InChI is InChI=1S/C32H37N2O2S/c1-7-33-25(10-9-24-18-26(35-5)11-13-28(24)33)16-22-15-23(21-32(3,4)20-22)17-31-34(8-2)29-19-27(36-6)12-14-30(29)37-31/h9-19H,7-8,20-21H2,1-6H3/q+1. The number of methoxy groups -OCH3 is 2. The number of aromatic nitrogens is 1. The quantitative estimate of drug-likeness (QED) is 0.315. The summed E-state index contributed by atoms with van der Waals surface area (Å²) in [4.78, 5) is 3.69. The number of ether oxygens (including phenoxy) is 2. The lowest BCUT2D eigenvalue weighted by atomic mass is 9.75. The SMILES string of the molecule is CCN1/C(=C\C2=CC(=C/c3ccc4cc(OC)ccc4[n+]3CC)/CC(C)(C)C2)Sc2ccc(OC)cc21. The Bertz CT molecular complexity index is 1430. The molecule has 0 saturated heterocycles. The Labute approximate surface area is 225 Å². The van der Waals surface area contributed by atoms with E-state index in [0.717, 1.165) is 37.4 Å². The number of rotatable bonds is 6. The van der Waals surface area contributed by atoms with Gasteiger partial charge in [-0.15, -0.1) is 0 Å². The minimum absolute atomic E-state index is 0.199. The van der Waals surface area contributed by atoms with Crippen LogP contribution in [0.25, 0.3) is 17.0 Å². The molecule has 192 valence electrons. The van der Waals surface area contributed by atoms with E-state index in [1.165, 1.54) is 43.4 Å². The first-order valence-corrected chi connectivity index (χ1v) is 13.9. The molecule has 0 N–H and O–H groups in total. The minimum atomic E-state index is 0.199. The molecule has 1 aliphatic heterocycles. The van der Waals surface area contributed by atoms with Gasteiger partial charge >= 0.3 is 0 Å². The number of nitrogens with zero attached hydrogens (tertiary/aromatic N) is 2. The van der Waals surface area contributed by atoms with Crippen molar-refractivity contribution in [3.63, 3.8) is 0 Å². The molecule has 0 atom stereocenters. The lowest BCUT2D eigenvalue weighted by molar-refractivity contribution is -0.669. The largest absolute Gasteiger partial charge is 0.497 e. The number of aryl methyl sites for hydroxylation is 1. The summed E-state index contributed by atoms with van der Waals surface area (Å²) in [6.45, 7) is 11.0. The summed E-state index contributed by atoms with van der Waals surface area (Å²) in [7, 11) is 3.45. The highest BCUT2D eigenvalue weighted by Gasteiger charge is 2.29. The van der Waals surface area contributed by atoms with E-state index < -0.39 is 0 Å². The van der Waals surface area contributed by atoms with Crippen molar-refractivity contribution >= 4 is 34.4 Å². The van der Waals surface area contributed by atoms with Gasteiger partial charge in [0, 0.05) is 35.7 Å². The van der Waals surface area contributed by atoms with Gasteiger partial charge in [-0.3, -0.25) is 0 Å². The van der Waals surface area contributed by atoms with Gasteiger partial charge < -0.3 is 14.4 Å². The van der Waals surface area contributed by atoms with Gasteiger partial charge in [-0.05, 0) is 79.7 Å². The third-order valence-electron chi connectivity index (χ3n) is 7.22. The Morgan fingerprint density at radius 3 is 2.43 bits per heavy atom. The van der Waals surface area contributed by atoms with E-state index in [4.69, 9.17) is 9.47 Å². The first-order chi connectivity index (χ1) is 17.8. The molecule has 0 unspecified atom stereocenters. The molecule has 0 saturated carbocycles. The average Bonchev–Trinajstić information content (AvgIpc) is 3.23. The van der Waals surface area contributed by atoms with E-state index in [1.54, 1.807) is 14.2 Å². The van der Waals surface area contributed by atoms with Gasteiger partial charge in [0.2, 0.25) is 11.2 Å². The number of hydrogen-bond acceptors (Lipinski definition) is 4. The number of allylic oxidation sites excluding steroid dienone is 4. The van der Waals surface area contributed by atoms with Crippen molar-refractivity contribution < 1.29 is 14.0 Å². The van der Waals surface area contributed by atoms with Gasteiger partial charge in [-0.25, -0.2) is 0 Å². The van der Waals surface area contributed by atoms with Gasteiger partial charge in [-0.2, -0.15) is 4.57 Å². The Morgan fingerprint density at radius 2 is 1.70 bits per heavy atom. The van der Waals surface area contributed by atoms with Crippen molar-refractivity contribution in [2.75, 3.05) is 25.7 Å². The molecule has 0 fully saturated rings. The highest BCUT2D eigenvalue weighted by atomic mass is 32.2. The van der Waals surface area contributed by atoms with Crippen LogP contribution in [0.4, 0.5) is 5.69 Å². The molecule has 2 aromatic carbocycles. The van der Waals surface area contributed by atoms with Gasteiger partial charge in [0.25, 0.3) is 0 Å². The fraction of sp³-hybridized carbons (Fsp3) is 0.344. The summed E-state index contributed by atoms with van der Waals surface area (Å²) < 4.78 is 13.3. The van der Waals surface area contributed by atoms with E-state index in [0.29, 0.717) is 0 Å². The van der Waals surface area contributed by atoms with Gasteiger partial charge in [0.05, 0.1) is 30.3 Å². The van der Waals surface area contributed by atoms with Crippen molar-refractivity contribution in [3.05, 3.63) is 82.6 Å². The van der Waals surface area contributed by atoms with Crippen LogP contribution in [-0.4, -0.2) is 20.8 Å². The first-order valence-electron chi connectivity index (χ1n) is 13.1. The Balaban J connectivity index is 1.52. The molecular formula is C32H37N2O2S+. The van der Waals surface area contributed by atoms with Crippen LogP contribution < -0.4 is 18.9 Å². The number of hydrogen-bond donors (Lipinski definition) is 0. The van der Waals surface area contributed by atoms with Crippen LogP contribution in [0.5, 0.6) is 11.5 Å². The summed E-state index contributed by atoms with van der Waals surface area (Å²) in [5, 5.41) is 2.49. The molecule has 5 heteroatoms. The lowest BCUT2D eigenvalue weighted by Crippen LogP contribution is -2.36. The number of benzene rings is 2. The van der Waals surface area contributed by atoms with Crippen LogP contribution in [0.15, 0.2) is 81.8 Å². The molecule has 4 nitrogen and oxygen atoms in total. The smallest absolute Gasteiger partial charge is 0.213 e. The third kappa shape index (κ3) is 5.15. The second-order valence-electron chi connectivity index (χ2n) is 10.5. The van der Waals surface area contributed by atoms with Crippen molar-refractivity contribution in [3.8, 4) is 11.5 Å². The summed E-state index contributed by atoms with van der Waals surface area (Å²) in [5.41, 5.74) is 6.67. The molecule has 1 aliphatic carbocycles. The zero-order chi connectivity index (χ0) is 26.2. The zero-order valence-electron chi connectivity index (χ0n) is 22.8. The van der Waals surface area contributed by atoms with E-state index in [1.807, 2.05) is 17.8 Å². The Hall–Kier alpha value is -3.18. The number of thioether (sulfide) groups is 1. The maximum Gasteiger partial charge on any atom is 0.213 e. The van der Waals surface area contributed by atoms with Crippen LogP contribution >= 0.6 is 11.8 Å². The lowest BCUT2D eigenvalue weighted by Gasteiger charge is -2.31. The molecule has 3 aromatic rings. The van der Waals surface area contributed by atoms with Crippen molar-refractivity contribution in [2.45, 2.75) is 52.0 Å². The summed E-state index contributed by atoms with van der Waals surface area (Å²) in [6, 6.07) is 17.1. The molecule has 0 bridgehead atoms. The van der Waals surface area contributed by atoms with Crippen molar-refractivity contribution in [1.29, 1.82) is 0 Å². The Morgan fingerprint density at radius 1 is 0.946 bits per heavy atom. The average molecular weight is 514 g/mol. The Kier molecular flexibility index (Phi) is 7.09. The maximum absolute atomic E-state index is 5.49. The van der Waals surface area contributed by atoms with Crippen LogP contribution in [0.2, 0.25) is 0 Å². The first kappa shape index (κ1) is 25.5. The molecule has 37 heavy (non-hydrogen) atoms. The topological polar surface area (TPSA) is 25.6 Å². The summed E-state index contributed by atoms with van der Waals surface area (Å²) >= 11 is 1.85. The van der Waals surface area contributed by atoms with Gasteiger partial charge in [0.15, 0.2) is 0 Å². The van der Waals surface area contributed by atoms with Crippen LogP contribution in [0.3, 0.4) is 0 Å². The molecular weight excluding hydrogens is 476 g/mol. The second kappa shape index (κ2) is 10.3. The van der Waals surface area contributed by atoms with Gasteiger partial charge in [-0.1, -0.05) is 31.7 Å². The van der Waals surface area contributed by atoms with Crippen molar-refractivity contribution in [1.82, 2.24) is 0 Å². The number of anilines is 1. The molecule has 2 aliphatic rings. The molecule has 1 aromatic heterocycles. The van der Waals surface area contributed by atoms with Crippen molar-refractivity contribution in [2.24, 2.45) is 5.41 Å². The van der Waals surface area contributed by atoms with Crippen LogP contribution in [0.1, 0.15) is 46.2 Å². The third-order valence-corrected chi connectivity index (χ3v) is 8.33. The van der Waals surface area contributed by atoms with Crippen LogP contribution in [-0.2, 0) is 6.54 Å². The predicted molar refractivity (Wildman–Crippen MR) is 155 cm³/mol. The molecule has 5 rings (SSSR count). The molecule has 0 amide bonds. The maximum atomic E-state index is 5.49. The van der Waals surface area contributed by atoms with Gasteiger partial charge in [0.1, 0.15) is 18.0 Å². The summed E-state index contributed by atoms with van der Waals surface area (Å²) in [5.74, 6) is 1.79. The zero-order valence-corrected chi connectivity index (χ0v) is 23.6. The van der Waals surface area contributed by atoms with E-state index in [9.17, 15) is 0 Å². The minimum Gasteiger partial charge on any atom is -0.497 e. The number of fused-ring (bicyclic) bond motifs is 2. The van der Waals surface area contributed by atoms with E-state index >= 15 is 0 Å². The molecule has 0 spiro atoms. The number of pyridine rings is 1. The van der Waals surface area contributed by atoms with E-state index in [-0.39, 0.29) is 5.41 Å². The molecule has 2 heterocycles. The van der Waals surface area contributed by atoms with Crippen LogP contribution in [0, 0.1) is 5.41 Å². The monoisotopic (exact) mass is 513 g/mol. The normalized spacial score (nSPS) is 18.9. The highest BCUT2D eigenvalue weighted by Crippen LogP contribution is 2.48. The molecule has 0 radical (unpaired) electrons. The summed E-state index contributed by atoms with van der Waals surface area (Å²) in [6.07, 6.45) is 9.32.